The summed E-state index contributed by atoms with van der Waals surface area (Å²) in [5.41, 5.74) is 4.66. The molecule has 1 heterocycles. The molecule has 0 spiro atoms. The van der Waals surface area contributed by atoms with Crippen LogP contribution in [0.5, 0.6) is 5.75 Å². The average molecular weight is 324 g/mol. The van der Waals surface area contributed by atoms with Crippen LogP contribution in [0.15, 0.2) is 36.5 Å². The minimum absolute atomic E-state index is 0.439. The van der Waals surface area contributed by atoms with Crippen LogP contribution >= 0.6 is 0 Å². The summed E-state index contributed by atoms with van der Waals surface area (Å²) in [5, 5.41) is 0. The fourth-order valence-corrected chi connectivity index (χ4v) is 2.91. The first-order valence-electron chi connectivity index (χ1n) is 9.05. The van der Waals surface area contributed by atoms with Gasteiger partial charge < -0.3 is 9.64 Å². The SMILES string of the molecule is CCN(c1ccc(C)nc1)c1ccc(OCC2CC2)c(C(C)C)c1. The van der Waals surface area contributed by atoms with E-state index in [9.17, 15) is 0 Å². The van der Waals surface area contributed by atoms with Crippen molar-refractivity contribution in [3.63, 3.8) is 0 Å². The van der Waals surface area contributed by atoms with E-state index >= 15 is 0 Å². The lowest BCUT2D eigenvalue weighted by Crippen LogP contribution is -2.17. The molecular weight excluding hydrogens is 296 g/mol. The van der Waals surface area contributed by atoms with Gasteiger partial charge in [-0.15, -0.1) is 0 Å². The summed E-state index contributed by atoms with van der Waals surface area (Å²) in [6.07, 6.45) is 4.59. The van der Waals surface area contributed by atoms with Crippen molar-refractivity contribution in [2.24, 2.45) is 5.92 Å². The lowest BCUT2D eigenvalue weighted by Gasteiger charge is -2.25. The summed E-state index contributed by atoms with van der Waals surface area (Å²) in [5.74, 6) is 2.25. The second kappa shape index (κ2) is 7.25. The van der Waals surface area contributed by atoms with Crippen molar-refractivity contribution in [2.75, 3.05) is 18.1 Å². The molecule has 0 radical (unpaired) electrons. The van der Waals surface area contributed by atoms with E-state index < -0.39 is 0 Å². The molecular formula is C21H28N2O. The molecule has 0 unspecified atom stereocenters. The smallest absolute Gasteiger partial charge is 0.122 e. The Labute approximate surface area is 145 Å². The van der Waals surface area contributed by atoms with Crippen LogP contribution in [-0.2, 0) is 0 Å². The van der Waals surface area contributed by atoms with Crippen LogP contribution in [0.25, 0.3) is 0 Å². The molecule has 1 aliphatic carbocycles. The number of benzene rings is 1. The Balaban J connectivity index is 1.87. The molecule has 1 fully saturated rings. The first-order chi connectivity index (χ1) is 11.6. The van der Waals surface area contributed by atoms with E-state index in [2.05, 4.69) is 61.0 Å². The second-order valence-corrected chi connectivity index (χ2v) is 7.03. The Morgan fingerprint density at radius 3 is 2.50 bits per heavy atom. The largest absolute Gasteiger partial charge is 0.493 e. The van der Waals surface area contributed by atoms with Crippen molar-refractivity contribution in [3.8, 4) is 5.75 Å². The summed E-state index contributed by atoms with van der Waals surface area (Å²) >= 11 is 0. The summed E-state index contributed by atoms with van der Waals surface area (Å²) < 4.78 is 6.08. The molecule has 0 atom stereocenters. The van der Waals surface area contributed by atoms with Crippen molar-refractivity contribution in [3.05, 3.63) is 47.8 Å². The van der Waals surface area contributed by atoms with E-state index in [-0.39, 0.29) is 0 Å². The molecule has 0 aliphatic heterocycles. The molecule has 0 bridgehead atoms. The van der Waals surface area contributed by atoms with Gasteiger partial charge in [0.25, 0.3) is 0 Å². The van der Waals surface area contributed by atoms with Crippen molar-refractivity contribution >= 4 is 11.4 Å². The summed E-state index contributed by atoms with van der Waals surface area (Å²) in [7, 11) is 0. The molecule has 1 aromatic carbocycles. The fraction of sp³-hybridized carbons (Fsp3) is 0.476. The first kappa shape index (κ1) is 16.8. The third-order valence-electron chi connectivity index (χ3n) is 4.62. The van der Waals surface area contributed by atoms with Gasteiger partial charge in [0.05, 0.1) is 18.5 Å². The summed E-state index contributed by atoms with van der Waals surface area (Å²) in [6, 6.07) is 10.8. The van der Waals surface area contributed by atoms with Gasteiger partial charge in [0.2, 0.25) is 0 Å². The molecule has 1 aliphatic rings. The number of aryl methyl sites for hydroxylation is 1. The highest BCUT2D eigenvalue weighted by Gasteiger charge is 2.23. The van der Waals surface area contributed by atoms with Crippen molar-refractivity contribution < 1.29 is 4.74 Å². The molecule has 0 N–H and O–H groups in total. The highest BCUT2D eigenvalue weighted by atomic mass is 16.5. The van der Waals surface area contributed by atoms with Crippen LogP contribution in [0.1, 0.15) is 50.8 Å². The van der Waals surface area contributed by atoms with Crippen LogP contribution < -0.4 is 9.64 Å². The fourth-order valence-electron chi connectivity index (χ4n) is 2.91. The maximum atomic E-state index is 6.08. The van der Waals surface area contributed by atoms with Crippen LogP contribution in [0, 0.1) is 12.8 Å². The minimum atomic E-state index is 0.439. The van der Waals surface area contributed by atoms with Crippen molar-refractivity contribution in [1.82, 2.24) is 4.98 Å². The maximum absolute atomic E-state index is 6.08. The quantitative estimate of drug-likeness (QED) is 0.676. The molecule has 0 saturated heterocycles. The highest BCUT2D eigenvalue weighted by molar-refractivity contribution is 5.65. The number of nitrogens with zero attached hydrogens (tertiary/aromatic N) is 2. The Morgan fingerprint density at radius 1 is 1.17 bits per heavy atom. The number of hydrogen-bond acceptors (Lipinski definition) is 3. The van der Waals surface area contributed by atoms with Gasteiger partial charge >= 0.3 is 0 Å². The van der Waals surface area contributed by atoms with E-state index in [0.29, 0.717) is 5.92 Å². The second-order valence-electron chi connectivity index (χ2n) is 7.03. The van der Waals surface area contributed by atoms with E-state index in [1.807, 2.05) is 13.1 Å². The molecule has 128 valence electrons. The van der Waals surface area contributed by atoms with Gasteiger partial charge in [-0.3, -0.25) is 4.98 Å². The predicted octanol–water partition coefficient (Wildman–Crippen LogP) is 5.46. The number of pyridine rings is 1. The predicted molar refractivity (Wildman–Crippen MR) is 100 cm³/mol. The van der Waals surface area contributed by atoms with Gasteiger partial charge in [0, 0.05) is 17.9 Å². The molecule has 3 heteroatoms. The number of rotatable bonds is 7. The number of anilines is 2. The van der Waals surface area contributed by atoms with Gasteiger partial charge in [-0.2, -0.15) is 0 Å². The van der Waals surface area contributed by atoms with E-state index in [4.69, 9.17) is 4.74 Å². The third kappa shape index (κ3) is 3.89. The molecule has 3 nitrogen and oxygen atoms in total. The standard InChI is InChI=1S/C21H28N2O/c1-5-23(19-9-6-16(4)22-13-19)18-10-11-21(20(12-18)15(2)3)24-14-17-7-8-17/h6,9-13,15,17H,5,7-8,14H2,1-4H3. The van der Waals surface area contributed by atoms with Crippen LogP contribution in [0.2, 0.25) is 0 Å². The van der Waals surface area contributed by atoms with E-state index in [0.717, 1.165) is 36.2 Å². The highest BCUT2D eigenvalue weighted by Crippen LogP contribution is 2.35. The average Bonchev–Trinajstić information content (AvgIpc) is 3.40. The van der Waals surface area contributed by atoms with E-state index in [1.54, 1.807) is 0 Å². The Hall–Kier alpha value is -2.03. The van der Waals surface area contributed by atoms with Gasteiger partial charge in [0.15, 0.2) is 0 Å². The zero-order valence-electron chi connectivity index (χ0n) is 15.2. The maximum Gasteiger partial charge on any atom is 0.122 e. The van der Waals surface area contributed by atoms with Crippen LogP contribution in [0.4, 0.5) is 11.4 Å². The Morgan fingerprint density at radius 2 is 1.92 bits per heavy atom. The Bertz CT molecular complexity index is 675. The third-order valence-corrected chi connectivity index (χ3v) is 4.62. The molecule has 2 aromatic rings. The van der Waals surface area contributed by atoms with Crippen LogP contribution in [-0.4, -0.2) is 18.1 Å². The van der Waals surface area contributed by atoms with Gasteiger partial charge in [0.1, 0.15) is 5.75 Å². The molecule has 1 aromatic heterocycles. The lowest BCUT2D eigenvalue weighted by atomic mass is 10.0. The molecule has 3 rings (SSSR count). The number of hydrogen-bond donors (Lipinski definition) is 0. The number of ether oxygens (including phenoxy) is 1. The summed E-state index contributed by atoms with van der Waals surface area (Å²) in [6.45, 7) is 10.4. The first-order valence-corrected chi connectivity index (χ1v) is 9.05. The zero-order valence-corrected chi connectivity index (χ0v) is 15.2. The number of aromatic nitrogens is 1. The minimum Gasteiger partial charge on any atom is -0.493 e. The van der Waals surface area contributed by atoms with Gasteiger partial charge in [-0.25, -0.2) is 0 Å². The molecule has 0 amide bonds. The van der Waals surface area contributed by atoms with Crippen molar-refractivity contribution in [2.45, 2.75) is 46.5 Å². The monoisotopic (exact) mass is 324 g/mol. The zero-order chi connectivity index (χ0) is 17.1. The molecule has 1 saturated carbocycles. The normalized spacial score (nSPS) is 14.0. The lowest BCUT2D eigenvalue weighted by molar-refractivity contribution is 0.296. The topological polar surface area (TPSA) is 25.4 Å². The van der Waals surface area contributed by atoms with Gasteiger partial charge in [-0.1, -0.05) is 13.8 Å². The molecule has 24 heavy (non-hydrogen) atoms. The van der Waals surface area contributed by atoms with Crippen LogP contribution in [0.3, 0.4) is 0 Å². The summed E-state index contributed by atoms with van der Waals surface area (Å²) in [4.78, 5) is 6.73. The Kier molecular flexibility index (Phi) is 5.08. The van der Waals surface area contributed by atoms with E-state index in [1.165, 1.54) is 24.1 Å². The van der Waals surface area contributed by atoms with Crippen molar-refractivity contribution in [1.29, 1.82) is 0 Å². The van der Waals surface area contributed by atoms with Gasteiger partial charge in [-0.05, 0) is 74.4 Å².